The molecule has 31 heavy (non-hydrogen) atoms. The van der Waals surface area contributed by atoms with Gasteiger partial charge in [-0.25, -0.2) is 4.39 Å². The number of aliphatic carboxylic acids is 1. The van der Waals surface area contributed by atoms with Gasteiger partial charge in [0.05, 0.1) is 0 Å². The molecule has 0 amide bonds. The average Bonchev–Trinajstić information content (AvgIpc) is 2.69. The van der Waals surface area contributed by atoms with E-state index in [9.17, 15) is 17.6 Å². The molecule has 0 aromatic heterocycles. The van der Waals surface area contributed by atoms with Crippen molar-refractivity contribution < 1.29 is 32.2 Å². The minimum absolute atomic E-state index is 0.0521. The normalized spacial score (nSPS) is 13.4. The molecule has 0 fully saturated rings. The lowest BCUT2D eigenvalue weighted by Gasteiger charge is -2.35. The van der Waals surface area contributed by atoms with Gasteiger partial charge in [0.25, 0.3) is 0 Å². The summed E-state index contributed by atoms with van der Waals surface area (Å²) in [5.41, 5.74) is 0.922. The molecule has 0 N–H and O–H groups in total. The van der Waals surface area contributed by atoms with Crippen molar-refractivity contribution in [2.75, 3.05) is 6.54 Å². The standard InChI is InChI=1S/C21H36FNO.C2HF3O2/c1-6-9-10-11-12-13-21(23(8-3)18(5)7-2)24-20-15-14-17(4)16-19(20)22;3-2(4,5)1(6)7/h14-16,18,21H,6-13H2,1-5H3;(H,6,7)/p-1. The van der Waals surface area contributed by atoms with Crippen LogP contribution in [0, 0.1) is 12.7 Å². The lowest BCUT2D eigenvalue weighted by molar-refractivity contribution is -0.344. The van der Waals surface area contributed by atoms with Crippen LogP contribution >= 0.6 is 0 Å². The van der Waals surface area contributed by atoms with Crippen LogP contribution in [0.2, 0.25) is 0 Å². The van der Waals surface area contributed by atoms with Gasteiger partial charge in [-0.3, -0.25) is 4.90 Å². The summed E-state index contributed by atoms with van der Waals surface area (Å²) in [7, 11) is 0. The number of carboxylic acid groups (broad SMARTS) is 1. The van der Waals surface area contributed by atoms with Crippen molar-refractivity contribution in [1.29, 1.82) is 0 Å². The first kappa shape index (κ1) is 29.2. The molecule has 0 aliphatic carbocycles. The number of carboxylic acids is 1. The maximum atomic E-state index is 14.2. The van der Waals surface area contributed by atoms with E-state index in [1.807, 2.05) is 13.0 Å². The molecule has 0 spiro atoms. The van der Waals surface area contributed by atoms with Crippen molar-refractivity contribution in [3.63, 3.8) is 0 Å². The monoisotopic (exact) mass is 450 g/mol. The predicted molar refractivity (Wildman–Crippen MR) is 112 cm³/mol. The number of ether oxygens (including phenoxy) is 1. The van der Waals surface area contributed by atoms with Gasteiger partial charge in [-0.15, -0.1) is 0 Å². The molecule has 180 valence electrons. The second kappa shape index (κ2) is 15.1. The molecule has 1 aromatic rings. The molecular formula is C23H36F4NO3-. The van der Waals surface area contributed by atoms with Gasteiger partial charge in [0.15, 0.2) is 17.8 Å². The van der Waals surface area contributed by atoms with Gasteiger partial charge in [0, 0.05) is 6.04 Å². The number of hydrogen-bond donors (Lipinski definition) is 0. The SMILES string of the molecule is CCCCCCCC(Oc1ccc(C)cc1F)N(CC)C(C)CC.O=C([O-])C(F)(F)F. The van der Waals surface area contributed by atoms with E-state index in [1.165, 1.54) is 25.7 Å². The Hall–Kier alpha value is -1.83. The highest BCUT2D eigenvalue weighted by Gasteiger charge is 2.28. The number of benzene rings is 1. The number of rotatable bonds is 12. The lowest BCUT2D eigenvalue weighted by atomic mass is 10.1. The number of unbranched alkanes of at least 4 members (excludes halogenated alkanes) is 4. The zero-order valence-corrected chi connectivity index (χ0v) is 19.2. The average molecular weight is 451 g/mol. The second-order valence-electron chi connectivity index (χ2n) is 7.58. The van der Waals surface area contributed by atoms with Crippen molar-refractivity contribution in [2.45, 2.75) is 98.0 Å². The molecule has 0 bridgehead atoms. The molecule has 2 unspecified atom stereocenters. The predicted octanol–water partition coefficient (Wildman–Crippen LogP) is 5.62. The molecule has 0 saturated carbocycles. The summed E-state index contributed by atoms with van der Waals surface area (Å²) in [5, 5.41) is 8.78. The molecule has 0 radical (unpaired) electrons. The molecule has 0 aliphatic heterocycles. The number of carbonyl (C=O) groups excluding carboxylic acids is 1. The van der Waals surface area contributed by atoms with Gasteiger partial charge >= 0.3 is 6.18 Å². The quantitative estimate of drug-likeness (QED) is 0.236. The van der Waals surface area contributed by atoms with Crippen LogP contribution in [-0.4, -0.2) is 35.9 Å². The van der Waals surface area contributed by atoms with Gasteiger partial charge in [-0.1, -0.05) is 52.5 Å². The van der Waals surface area contributed by atoms with Crippen LogP contribution in [0.3, 0.4) is 0 Å². The Morgan fingerprint density at radius 1 is 1.13 bits per heavy atom. The fraction of sp³-hybridized carbons (Fsp3) is 0.696. The van der Waals surface area contributed by atoms with Crippen LogP contribution < -0.4 is 9.84 Å². The fourth-order valence-electron chi connectivity index (χ4n) is 3.10. The number of aryl methyl sites for hydroxylation is 1. The third kappa shape index (κ3) is 12.0. The third-order valence-corrected chi connectivity index (χ3v) is 5.03. The Bertz CT molecular complexity index is 638. The van der Waals surface area contributed by atoms with E-state index >= 15 is 0 Å². The van der Waals surface area contributed by atoms with E-state index in [2.05, 4.69) is 32.6 Å². The van der Waals surface area contributed by atoms with Gasteiger partial charge in [-0.05, 0) is 57.4 Å². The summed E-state index contributed by atoms with van der Waals surface area (Å²) in [4.78, 5) is 11.1. The molecule has 0 saturated heterocycles. The maximum Gasteiger partial charge on any atom is 0.430 e. The number of carbonyl (C=O) groups is 1. The van der Waals surface area contributed by atoms with E-state index in [0.29, 0.717) is 11.8 Å². The Morgan fingerprint density at radius 2 is 1.71 bits per heavy atom. The summed E-state index contributed by atoms with van der Waals surface area (Å²) < 4.78 is 51.9. The molecule has 0 heterocycles. The van der Waals surface area contributed by atoms with Crippen molar-refractivity contribution >= 4 is 5.97 Å². The molecule has 8 heteroatoms. The third-order valence-electron chi connectivity index (χ3n) is 5.03. The van der Waals surface area contributed by atoms with Crippen molar-refractivity contribution in [1.82, 2.24) is 4.90 Å². The minimum Gasteiger partial charge on any atom is -0.542 e. The van der Waals surface area contributed by atoms with Crippen LogP contribution in [0.15, 0.2) is 18.2 Å². The Labute approximate surface area is 183 Å². The Balaban J connectivity index is 0.00000110. The zero-order chi connectivity index (χ0) is 24.0. The van der Waals surface area contributed by atoms with Crippen LogP contribution in [0.5, 0.6) is 5.75 Å². The first-order valence-electron chi connectivity index (χ1n) is 10.9. The van der Waals surface area contributed by atoms with Crippen LogP contribution in [0.1, 0.15) is 78.2 Å². The number of nitrogens with zero attached hydrogens (tertiary/aromatic N) is 1. The Kier molecular flexibility index (Phi) is 14.2. The largest absolute Gasteiger partial charge is 0.542 e. The zero-order valence-electron chi connectivity index (χ0n) is 19.2. The summed E-state index contributed by atoms with van der Waals surface area (Å²) in [6.45, 7) is 11.6. The first-order valence-corrected chi connectivity index (χ1v) is 10.9. The summed E-state index contributed by atoms with van der Waals surface area (Å²) in [5.74, 6) is -2.89. The molecule has 0 aliphatic rings. The molecule has 1 aromatic carbocycles. The lowest BCUT2D eigenvalue weighted by Crippen LogP contribution is -2.44. The smallest absolute Gasteiger partial charge is 0.430 e. The second-order valence-corrected chi connectivity index (χ2v) is 7.58. The Morgan fingerprint density at radius 3 is 2.16 bits per heavy atom. The highest BCUT2D eigenvalue weighted by Crippen LogP contribution is 2.24. The van der Waals surface area contributed by atoms with Crippen LogP contribution in [-0.2, 0) is 4.79 Å². The molecular weight excluding hydrogens is 414 g/mol. The van der Waals surface area contributed by atoms with Gasteiger partial charge in [0.1, 0.15) is 5.97 Å². The van der Waals surface area contributed by atoms with Gasteiger partial charge < -0.3 is 14.6 Å². The van der Waals surface area contributed by atoms with E-state index in [0.717, 1.165) is 31.4 Å². The van der Waals surface area contributed by atoms with Gasteiger partial charge in [0.2, 0.25) is 0 Å². The summed E-state index contributed by atoms with van der Waals surface area (Å²) in [6, 6.07) is 5.66. The topological polar surface area (TPSA) is 52.6 Å². The highest BCUT2D eigenvalue weighted by atomic mass is 19.4. The molecule has 4 nitrogen and oxygen atoms in total. The fourth-order valence-corrected chi connectivity index (χ4v) is 3.10. The summed E-state index contributed by atoms with van der Waals surface area (Å²) in [6.07, 6.45) is 2.95. The molecule has 1 rings (SSSR count). The van der Waals surface area contributed by atoms with E-state index in [1.54, 1.807) is 12.1 Å². The first-order chi connectivity index (χ1) is 14.5. The summed E-state index contributed by atoms with van der Waals surface area (Å²) >= 11 is 0. The highest BCUT2D eigenvalue weighted by molar-refractivity contribution is 5.70. The number of hydrogen-bond acceptors (Lipinski definition) is 4. The van der Waals surface area contributed by atoms with E-state index < -0.39 is 12.1 Å². The van der Waals surface area contributed by atoms with Crippen LogP contribution in [0.25, 0.3) is 0 Å². The van der Waals surface area contributed by atoms with E-state index in [-0.39, 0.29) is 12.0 Å². The van der Waals surface area contributed by atoms with Crippen molar-refractivity contribution in [2.24, 2.45) is 0 Å². The number of alkyl halides is 3. The van der Waals surface area contributed by atoms with Crippen molar-refractivity contribution in [3.8, 4) is 5.75 Å². The van der Waals surface area contributed by atoms with Crippen molar-refractivity contribution in [3.05, 3.63) is 29.6 Å². The van der Waals surface area contributed by atoms with E-state index in [4.69, 9.17) is 14.6 Å². The maximum absolute atomic E-state index is 14.2. The minimum atomic E-state index is -5.19. The number of halogens is 4. The molecule has 2 atom stereocenters. The van der Waals surface area contributed by atoms with Gasteiger partial charge in [-0.2, -0.15) is 13.2 Å². The van der Waals surface area contributed by atoms with Crippen LogP contribution in [0.4, 0.5) is 17.6 Å².